The molecule has 0 N–H and O–H groups in total. The highest BCUT2D eigenvalue weighted by Crippen LogP contribution is 2.32. The number of hydrogen-bond donors (Lipinski definition) is 0. The zero-order chi connectivity index (χ0) is 25.5. The lowest BCUT2D eigenvalue weighted by molar-refractivity contribution is 0.443. The Morgan fingerprint density at radius 1 is 0.639 bits per heavy atom. The first-order valence-electron chi connectivity index (χ1n) is 12.6. The van der Waals surface area contributed by atoms with E-state index >= 15 is 0 Å². The quantitative estimate of drug-likeness (QED) is 0.283. The number of nitrogens with zero attached hydrogens (tertiary/aromatic N) is 2. The lowest BCUT2D eigenvalue weighted by Crippen LogP contribution is -2.16. The van der Waals surface area contributed by atoms with Crippen molar-refractivity contribution in [3.63, 3.8) is 0 Å². The summed E-state index contributed by atoms with van der Waals surface area (Å²) in [4.78, 5) is 24.8. The number of aromatic nitrogens is 2. The number of aryl methyl sites for hydroxylation is 2. The molecule has 0 saturated heterocycles. The molecule has 1 fully saturated rings. The molecule has 1 aliphatic rings. The molecule has 36 heavy (non-hydrogen) atoms. The fraction of sp³-hybridized carbons (Fsp3) is 0.290. The Bertz CT molecular complexity index is 1400. The van der Waals surface area contributed by atoms with E-state index < -0.39 is 0 Å². The predicted octanol–water partition coefficient (Wildman–Crippen LogP) is 7.06. The van der Waals surface area contributed by atoms with Gasteiger partial charge < -0.3 is 0 Å². The second-order valence-electron chi connectivity index (χ2n) is 9.45. The van der Waals surface area contributed by atoms with Crippen LogP contribution in [0.3, 0.4) is 0 Å². The van der Waals surface area contributed by atoms with Gasteiger partial charge in [0.1, 0.15) is 0 Å². The molecule has 2 aromatic heterocycles. The lowest BCUT2D eigenvalue weighted by Gasteiger charge is -2.22. The number of thioether (sulfide) groups is 1. The van der Waals surface area contributed by atoms with Crippen molar-refractivity contribution in [1.82, 2.24) is 9.13 Å². The third kappa shape index (κ3) is 6.46. The Balaban J connectivity index is 0.000000174. The van der Waals surface area contributed by atoms with E-state index in [0.717, 1.165) is 22.5 Å². The van der Waals surface area contributed by atoms with Crippen LogP contribution in [0, 0.1) is 13.8 Å². The molecule has 0 amide bonds. The molecule has 5 rings (SSSR count). The highest BCUT2D eigenvalue weighted by Gasteiger charge is 2.15. The van der Waals surface area contributed by atoms with Crippen LogP contribution in [-0.4, -0.2) is 15.4 Å². The zero-order valence-corrected chi connectivity index (χ0v) is 22.1. The van der Waals surface area contributed by atoms with Crippen LogP contribution >= 0.6 is 11.8 Å². The molecule has 1 aliphatic carbocycles. The second kappa shape index (κ2) is 12.1. The summed E-state index contributed by atoms with van der Waals surface area (Å²) in [5.41, 5.74) is 5.50. The van der Waals surface area contributed by atoms with Crippen LogP contribution in [0.25, 0.3) is 11.4 Å². The fourth-order valence-corrected chi connectivity index (χ4v) is 5.08. The van der Waals surface area contributed by atoms with Gasteiger partial charge >= 0.3 is 0 Å². The number of hydrogen-bond acceptors (Lipinski definition) is 3. The Morgan fingerprint density at radius 2 is 1.11 bits per heavy atom. The van der Waals surface area contributed by atoms with E-state index in [1.54, 1.807) is 33.0 Å². The summed E-state index contributed by atoms with van der Waals surface area (Å²) < 4.78 is 3.39. The Labute approximate surface area is 217 Å². The van der Waals surface area contributed by atoms with Crippen molar-refractivity contribution in [3.8, 4) is 11.4 Å². The van der Waals surface area contributed by atoms with Crippen molar-refractivity contribution in [2.45, 2.75) is 56.8 Å². The van der Waals surface area contributed by atoms with Crippen molar-refractivity contribution in [2.75, 3.05) is 6.26 Å². The molecule has 2 heterocycles. The van der Waals surface area contributed by atoms with Crippen molar-refractivity contribution >= 4 is 11.8 Å². The maximum atomic E-state index is 11.9. The summed E-state index contributed by atoms with van der Waals surface area (Å²) in [6.07, 6.45) is 12.5. The van der Waals surface area contributed by atoms with Gasteiger partial charge in [-0.25, -0.2) is 0 Å². The van der Waals surface area contributed by atoms with Gasteiger partial charge in [0.15, 0.2) is 0 Å². The highest BCUT2D eigenvalue weighted by atomic mass is 32.2. The fourth-order valence-electron chi connectivity index (χ4n) is 4.68. The van der Waals surface area contributed by atoms with E-state index in [1.165, 1.54) is 42.6 Å². The Hall–Kier alpha value is -3.31. The van der Waals surface area contributed by atoms with Crippen LogP contribution in [0.15, 0.2) is 99.7 Å². The molecule has 0 radical (unpaired) electrons. The topological polar surface area (TPSA) is 44.0 Å². The maximum absolute atomic E-state index is 11.9. The summed E-state index contributed by atoms with van der Waals surface area (Å²) >= 11 is 1.69. The summed E-state index contributed by atoms with van der Waals surface area (Å²) in [6.45, 7) is 3.98. The van der Waals surface area contributed by atoms with Gasteiger partial charge in [0.25, 0.3) is 11.1 Å². The Kier molecular flexibility index (Phi) is 8.65. The minimum Gasteiger partial charge on any atom is -0.284 e. The molecule has 186 valence electrons. The molecule has 5 heteroatoms. The van der Waals surface area contributed by atoms with Gasteiger partial charge in [-0.3, -0.25) is 18.7 Å². The van der Waals surface area contributed by atoms with Gasteiger partial charge in [0, 0.05) is 40.8 Å². The molecule has 1 saturated carbocycles. The van der Waals surface area contributed by atoms with E-state index in [9.17, 15) is 9.59 Å². The molecule has 0 spiro atoms. The SMILES string of the molecule is CSc1ccc(-n2cc(C)ccc2=O)cc1.Cc1ccc(=O)n(-c2ccc(C3CCCCC3)cc2)c1. The van der Waals surface area contributed by atoms with Crippen LogP contribution in [0.4, 0.5) is 0 Å². The van der Waals surface area contributed by atoms with E-state index in [2.05, 4.69) is 24.3 Å². The first-order chi connectivity index (χ1) is 17.4. The van der Waals surface area contributed by atoms with Crippen LogP contribution in [0.2, 0.25) is 0 Å². The number of benzene rings is 2. The first-order valence-corrected chi connectivity index (χ1v) is 13.8. The van der Waals surface area contributed by atoms with Gasteiger partial charge in [0.05, 0.1) is 0 Å². The molecule has 0 aliphatic heterocycles. The van der Waals surface area contributed by atoms with E-state index in [1.807, 2.05) is 68.9 Å². The van der Waals surface area contributed by atoms with Gasteiger partial charge in [-0.2, -0.15) is 0 Å². The molecule has 0 atom stereocenters. The second-order valence-corrected chi connectivity index (χ2v) is 10.3. The van der Waals surface area contributed by atoms with Gasteiger partial charge in [-0.05, 0) is 92.0 Å². The van der Waals surface area contributed by atoms with Gasteiger partial charge in [0.2, 0.25) is 0 Å². The number of rotatable bonds is 4. The van der Waals surface area contributed by atoms with E-state index in [4.69, 9.17) is 0 Å². The zero-order valence-electron chi connectivity index (χ0n) is 21.3. The lowest BCUT2D eigenvalue weighted by atomic mass is 9.84. The maximum Gasteiger partial charge on any atom is 0.255 e. The summed E-state index contributed by atoms with van der Waals surface area (Å²) in [5.74, 6) is 0.715. The average Bonchev–Trinajstić information content (AvgIpc) is 2.92. The van der Waals surface area contributed by atoms with Crippen molar-refractivity contribution < 1.29 is 0 Å². The summed E-state index contributed by atoms with van der Waals surface area (Å²) in [5, 5.41) is 0. The first kappa shape index (κ1) is 25.8. The molecule has 0 bridgehead atoms. The number of pyridine rings is 2. The molecular formula is C31H34N2O2S. The highest BCUT2D eigenvalue weighted by molar-refractivity contribution is 7.98. The summed E-state index contributed by atoms with van der Waals surface area (Å²) in [7, 11) is 0. The minimum atomic E-state index is 0.00232. The minimum absolute atomic E-state index is 0.00232. The predicted molar refractivity (Wildman–Crippen MR) is 151 cm³/mol. The monoisotopic (exact) mass is 498 g/mol. The molecule has 4 nitrogen and oxygen atoms in total. The molecule has 2 aromatic carbocycles. The molecular weight excluding hydrogens is 464 g/mol. The van der Waals surface area contributed by atoms with Crippen LogP contribution in [-0.2, 0) is 0 Å². The Morgan fingerprint density at radius 3 is 1.58 bits per heavy atom. The van der Waals surface area contributed by atoms with Crippen LogP contribution < -0.4 is 11.1 Å². The van der Waals surface area contributed by atoms with Gasteiger partial charge in [-0.15, -0.1) is 11.8 Å². The molecule has 0 unspecified atom stereocenters. The third-order valence-corrected chi connectivity index (χ3v) is 7.46. The smallest absolute Gasteiger partial charge is 0.255 e. The van der Waals surface area contributed by atoms with Crippen molar-refractivity contribution in [3.05, 3.63) is 123 Å². The van der Waals surface area contributed by atoms with E-state index in [-0.39, 0.29) is 11.1 Å². The summed E-state index contributed by atoms with van der Waals surface area (Å²) in [6, 6.07) is 23.4. The normalized spacial score (nSPS) is 13.6. The molecule has 4 aromatic rings. The van der Waals surface area contributed by atoms with Crippen molar-refractivity contribution in [1.29, 1.82) is 0 Å². The third-order valence-electron chi connectivity index (χ3n) is 6.72. The van der Waals surface area contributed by atoms with Gasteiger partial charge in [-0.1, -0.05) is 43.5 Å². The van der Waals surface area contributed by atoms with Crippen LogP contribution in [0.1, 0.15) is 54.7 Å². The van der Waals surface area contributed by atoms with Crippen molar-refractivity contribution in [2.24, 2.45) is 0 Å². The average molecular weight is 499 g/mol. The largest absolute Gasteiger partial charge is 0.284 e. The van der Waals surface area contributed by atoms with E-state index in [0.29, 0.717) is 5.92 Å². The standard InChI is InChI=1S/C18H21NO.C13H13NOS/c1-14-7-12-18(20)19(13-14)17-10-8-16(9-11-17)15-5-3-2-4-6-15;1-10-3-8-13(15)14(9-10)11-4-6-12(16-2)7-5-11/h7-13,15H,2-6H2,1H3;3-9H,1-2H3. The van der Waals surface area contributed by atoms with Crippen LogP contribution in [0.5, 0.6) is 0 Å².